The van der Waals surface area contributed by atoms with E-state index in [1.54, 1.807) is 12.1 Å². The van der Waals surface area contributed by atoms with E-state index in [0.29, 0.717) is 16.4 Å². The summed E-state index contributed by atoms with van der Waals surface area (Å²) in [6, 6.07) is 9.95. The normalized spacial score (nSPS) is 12.8. The maximum Gasteiger partial charge on any atom is 0.132 e. The number of imidazole rings is 1. The molecule has 0 saturated heterocycles. The van der Waals surface area contributed by atoms with Crippen LogP contribution in [0.3, 0.4) is 0 Å². The Hall–Kier alpha value is -1.10. The fourth-order valence-electron chi connectivity index (χ4n) is 2.25. The minimum absolute atomic E-state index is 0.327. The van der Waals surface area contributed by atoms with Crippen molar-refractivity contribution in [1.29, 1.82) is 0 Å². The summed E-state index contributed by atoms with van der Waals surface area (Å²) in [6.07, 6.45) is 0. The number of hydrogen-bond donors (Lipinski definition) is 0. The molecule has 0 bridgehead atoms. The van der Waals surface area contributed by atoms with Gasteiger partial charge in [0, 0.05) is 15.6 Å². The smallest absolute Gasteiger partial charge is 0.132 e. The highest BCUT2D eigenvalue weighted by Gasteiger charge is 2.18. The molecule has 0 aliphatic heterocycles. The quantitative estimate of drug-likeness (QED) is 0.502. The Morgan fingerprint density at radius 2 is 2.00 bits per heavy atom. The zero-order chi connectivity index (χ0) is 15.1. The van der Waals surface area contributed by atoms with Crippen LogP contribution >= 0.6 is 39.1 Å². The number of benzene rings is 2. The summed E-state index contributed by atoms with van der Waals surface area (Å²) in [4.78, 5) is 4.45. The average Bonchev–Trinajstić information content (AvgIpc) is 2.80. The van der Waals surface area contributed by atoms with Crippen molar-refractivity contribution in [3.63, 3.8) is 0 Å². The van der Waals surface area contributed by atoms with E-state index in [2.05, 4.69) is 20.9 Å². The third-order valence-electron chi connectivity index (χ3n) is 3.15. The van der Waals surface area contributed by atoms with Crippen LogP contribution in [0.1, 0.15) is 18.1 Å². The molecule has 0 N–H and O–H groups in total. The molecule has 0 radical (unpaired) electrons. The summed E-state index contributed by atoms with van der Waals surface area (Å²) < 4.78 is 16.2. The molecule has 1 unspecified atom stereocenters. The third kappa shape index (κ3) is 2.68. The lowest BCUT2D eigenvalue weighted by Gasteiger charge is -2.13. The van der Waals surface area contributed by atoms with E-state index in [0.717, 1.165) is 15.7 Å². The Morgan fingerprint density at radius 3 is 2.71 bits per heavy atom. The van der Waals surface area contributed by atoms with Crippen LogP contribution in [0.4, 0.5) is 4.39 Å². The molecule has 0 amide bonds. The highest BCUT2D eigenvalue weighted by molar-refractivity contribution is 9.10. The second kappa shape index (κ2) is 5.59. The zero-order valence-electron chi connectivity index (χ0n) is 10.9. The van der Waals surface area contributed by atoms with E-state index in [1.807, 2.05) is 23.6 Å². The summed E-state index contributed by atoms with van der Waals surface area (Å²) in [5.74, 6) is 0.311. The number of rotatable bonds is 2. The molecule has 2 nitrogen and oxygen atoms in total. The molecule has 1 heterocycles. The Kier molecular flexibility index (Phi) is 3.95. The largest absolute Gasteiger partial charge is 0.294 e. The first-order valence-electron chi connectivity index (χ1n) is 6.25. The summed E-state index contributed by atoms with van der Waals surface area (Å²) in [6.45, 7) is 1.83. The first kappa shape index (κ1) is 14.8. The van der Waals surface area contributed by atoms with Crippen LogP contribution in [0.5, 0.6) is 0 Å². The number of hydrogen-bond acceptors (Lipinski definition) is 1. The van der Waals surface area contributed by atoms with Gasteiger partial charge in [-0.3, -0.25) is 4.57 Å². The van der Waals surface area contributed by atoms with Crippen molar-refractivity contribution in [3.05, 3.63) is 57.5 Å². The van der Waals surface area contributed by atoms with E-state index >= 15 is 0 Å². The summed E-state index contributed by atoms with van der Waals surface area (Å²) in [5.41, 5.74) is 2.16. The molecule has 1 aromatic heterocycles. The predicted octanol–water partition coefficient (Wildman–Crippen LogP) is 5.88. The molecule has 3 rings (SSSR count). The standard InChI is InChI=1S/C15H10BrCl2FN2/c1-8(17)15-20-12-7-10(19)3-5-13(12)21(15)14-6-9(18)2-4-11(14)16/h2-8H,1H3. The molecular formula is C15H10BrCl2FN2. The third-order valence-corrected chi connectivity index (χ3v) is 4.25. The zero-order valence-corrected chi connectivity index (χ0v) is 14.0. The number of aromatic nitrogens is 2. The van der Waals surface area contributed by atoms with Gasteiger partial charge in [0.15, 0.2) is 0 Å². The van der Waals surface area contributed by atoms with Crippen LogP contribution in [-0.4, -0.2) is 9.55 Å². The van der Waals surface area contributed by atoms with Crippen LogP contribution in [0.15, 0.2) is 40.9 Å². The fourth-order valence-corrected chi connectivity index (χ4v) is 2.99. The molecule has 0 aliphatic carbocycles. The van der Waals surface area contributed by atoms with Crippen LogP contribution < -0.4 is 0 Å². The van der Waals surface area contributed by atoms with E-state index in [4.69, 9.17) is 23.2 Å². The molecule has 6 heteroatoms. The molecule has 0 aliphatic rings. The first-order valence-corrected chi connectivity index (χ1v) is 7.85. The summed E-state index contributed by atoms with van der Waals surface area (Å²) >= 11 is 15.8. The number of halogens is 4. The first-order chi connectivity index (χ1) is 9.97. The van der Waals surface area contributed by atoms with Crippen molar-refractivity contribution in [2.75, 3.05) is 0 Å². The van der Waals surface area contributed by atoms with Gasteiger partial charge in [-0.15, -0.1) is 11.6 Å². The summed E-state index contributed by atoms with van der Waals surface area (Å²) in [5, 5.41) is 0.275. The van der Waals surface area contributed by atoms with Crippen molar-refractivity contribution in [2.45, 2.75) is 12.3 Å². The lowest BCUT2D eigenvalue weighted by Crippen LogP contribution is -2.02. The Labute approximate surface area is 139 Å². The fraction of sp³-hybridized carbons (Fsp3) is 0.133. The van der Waals surface area contributed by atoms with Crippen molar-refractivity contribution < 1.29 is 4.39 Å². The van der Waals surface area contributed by atoms with E-state index < -0.39 is 0 Å². The number of fused-ring (bicyclic) bond motifs is 1. The SMILES string of the molecule is CC(Cl)c1nc2cc(F)ccc2n1-c1cc(Cl)ccc1Br. The lowest BCUT2D eigenvalue weighted by atomic mass is 10.2. The van der Waals surface area contributed by atoms with Crippen molar-refractivity contribution in [1.82, 2.24) is 9.55 Å². The molecule has 2 aromatic carbocycles. The minimum atomic E-state index is -0.328. The minimum Gasteiger partial charge on any atom is -0.294 e. The summed E-state index contributed by atoms with van der Waals surface area (Å²) in [7, 11) is 0. The maximum absolute atomic E-state index is 13.4. The molecule has 0 saturated carbocycles. The van der Waals surface area contributed by atoms with Gasteiger partial charge in [-0.25, -0.2) is 9.37 Å². The maximum atomic E-state index is 13.4. The van der Waals surface area contributed by atoms with E-state index in [1.165, 1.54) is 12.1 Å². The second-order valence-electron chi connectivity index (χ2n) is 4.65. The Bertz CT molecular complexity index is 830. The second-order valence-corrected chi connectivity index (χ2v) is 6.60. The van der Waals surface area contributed by atoms with Crippen molar-refractivity contribution in [2.24, 2.45) is 0 Å². The lowest BCUT2D eigenvalue weighted by molar-refractivity contribution is 0.629. The van der Waals surface area contributed by atoms with Gasteiger partial charge in [0.25, 0.3) is 0 Å². The highest BCUT2D eigenvalue weighted by atomic mass is 79.9. The molecule has 3 aromatic rings. The van der Waals surface area contributed by atoms with Crippen LogP contribution in [0.2, 0.25) is 5.02 Å². The van der Waals surface area contributed by atoms with Gasteiger partial charge in [0.1, 0.15) is 11.6 Å². The molecule has 108 valence electrons. The van der Waals surface area contributed by atoms with Crippen LogP contribution in [0, 0.1) is 5.82 Å². The van der Waals surface area contributed by atoms with Crippen LogP contribution in [-0.2, 0) is 0 Å². The van der Waals surface area contributed by atoms with Gasteiger partial charge in [-0.2, -0.15) is 0 Å². The van der Waals surface area contributed by atoms with Crippen molar-refractivity contribution in [3.8, 4) is 5.69 Å². The number of nitrogens with zero attached hydrogens (tertiary/aromatic N) is 2. The molecular weight excluding hydrogens is 378 g/mol. The molecule has 1 atom stereocenters. The van der Waals surface area contributed by atoms with Gasteiger partial charge in [-0.05, 0) is 53.2 Å². The van der Waals surface area contributed by atoms with Gasteiger partial charge >= 0.3 is 0 Å². The number of alkyl halides is 1. The van der Waals surface area contributed by atoms with Gasteiger partial charge < -0.3 is 0 Å². The average molecular weight is 388 g/mol. The van der Waals surface area contributed by atoms with Crippen LogP contribution in [0.25, 0.3) is 16.7 Å². The molecule has 0 spiro atoms. The van der Waals surface area contributed by atoms with Gasteiger partial charge in [0.2, 0.25) is 0 Å². The van der Waals surface area contributed by atoms with E-state index in [9.17, 15) is 4.39 Å². The Balaban J connectivity index is 2.39. The Morgan fingerprint density at radius 1 is 1.24 bits per heavy atom. The molecule has 0 fully saturated rings. The highest BCUT2D eigenvalue weighted by Crippen LogP contribution is 2.33. The van der Waals surface area contributed by atoms with Gasteiger partial charge in [-0.1, -0.05) is 11.6 Å². The topological polar surface area (TPSA) is 17.8 Å². The van der Waals surface area contributed by atoms with E-state index in [-0.39, 0.29) is 11.2 Å². The monoisotopic (exact) mass is 386 g/mol. The van der Waals surface area contributed by atoms with Gasteiger partial charge in [0.05, 0.1) is 22.1 Å². The van der Waals surface area contributed by atoms with Crippen molar-refractivity contribution >= 4 is 50.2 Å². The predicted molar refractivity (Wildman–Crippen MR) is 88.0 cm³/mol. The molecule has 21 heavy (non-hydrogen) atoms.